The third kappa shape index (κ3) is 2.65. The monoisotopic (exact) mass is 274 g/mol. The Balaban J connectivity index is 1.61. The molecule has 106 valence electrons. The zero-order chi connectivity index (χ0) is 13.9. The van der Waals surface area contributed by atoms with Gasteiger partial charge in [0, 0.05) is 19.3 Å². The van der Waals surface area contributed by atoms with Crippen LogP contribution < -0.4 is 5.32 Å². The lowest BCUT2D eigenvalue weighted by Gasteiger charge is -2.14. The fraction of sp³-hybridized carbons (Fsp3) is 0.500. The standard InChI is InChI=1S/C14H18N4O2/c1-10-12-8-11(9-16-14(12)20-17-10)13(19)15-4-7-18-5-2-3-6-18/h8-9H,2-7H2,1H3,(H,15,19). The van der Waals surface area contributed by atoms with E-state index < -0.39 is 0 Å². The molecule has 0 radical (unpaired) electrons. The zero-order valence-electron chi connectivity index (χ0n) is 11.6. The number of aromatic nitrogens is 2. The predicted molar refractivity (Wildman–Crippen MR) is 74.5 cm³/mol. The van der Waals surface area contributed by atoms with E-state index >= 15 is 0 Å². The summed E-state index contributed by atoms with van der Waals surface area (Å²) in [6.07, 6.45) is 4.06. The van der Waals surface area contributed by atoms with E-state index in [-0.39, 0.29) is 5.91 Å². The highest BCUT2D eigenvalue weighted by Gasteiger charge is 2.13. The SMILES string of the molecule is Cc1noc2ncc(C(=O)NCCN3CCCC3)cc12. The van der Waals surface area contributed by atoms with Crippen LogP contribution in [0.3, 0.4) is 0 Å². The Bertz CT molecular complexity index is 617. The number of aryl methyl sites for hydroxylation is 1. The summed E-state index contributed by atoms with van der Waals surface area (Å²) in [5.74, 6) is -0.0980. The molecule has 3 rings (SSSR count). The minimum atomic E-state index is -0.0980. The molecule has 0 aliphatic carbocycles. The lowest BCUT2D eigenvalue weighted by Crippen LogP contribution is -2.33. The number of likely N-dealkylation sites (tertiary alicyclic amines) is 1. The molecule has 1 amide bonds. The molecule has 6 heteroatoms. The van der Waals surface area contributed by atoms with Crippen LogP contribution in [-0.2, 0) is 0 Å². The van der Waals surface area contributed by atoms with Crippen LogP contribution in [0.15, 0.2) is 16.8 Å². The van der Waals surface area contributed by atoms with Crippen molar-refractivity contribution in [1.29, 1.82) is 0 Å². The van der Waals surface area contributed by atoms with Crippen molar-refractivity contribution in [3.8, 4) is 0 Å². The van der Waals surface area contributed by atoms with Gasteiger partial charge in [0.1, 0.15) is 0 Å². The van der Waals surface area contributed by atoms with Crippen molar-refractivity contribution in [3.63, 3.8) is 0 Å². The van der Waals surface area contributed by atoms with Crippen molar-refractivity contribution < 1.29 is 9.32 Å². The lowest BCUT2D eigenvalue weighted by molar-refractivity contribution is 0.0949. The second kappa shape index (κ2) is 5.58. The van der Waals surface area contributed by atoms with Crippen LogP contribution in [0.5, 0.6) is 0 Å². The number of fused-ring (bicyclic) bond motifs is 1. The van der Waals surface area contributed by atoms with Gasteiger partial charge in [-0.25, -0.2) is 4.98 Å². The molecule has 1 aliphatic heterocycles. The third-order valence-electron chi connectivity index (χ3n) is 3.68. The highest BCUT2D eigenvalue weighted by Crippen LogP contribution is 2.16. The number of carbonyl (C=O) groups is 1. The second-order valence-corrected chi connectivity index (χ2v) is 5.15. The quantitative estimate of drug-likeness (QED) is 0.911. The minimum Gasteiger partial charge on any atom is -0.351 e. The van der Waals surface area contributed by atoms with Crippen molar-refractivity contribution >= 4 is 17.0 Å². The summed E-state index contributed by atoms with van der Waals surface area (Å²) < 4.78 is 5.03. The van der Waals surface area contributed by atoms with Crippen molar-refractivity contribution in [2.75, 3.05) is 26.2 Å². The van der Waals surface area contributed by atoms with Crippen LogP contribution in [0, 0.1) is 6.92 Å². The number of hydrogen-bond acceptors (Lipinski definition) is 5. The largest absolute Gasteiger partial charge is 0.351 e. The Morgan fingerprint density at radius 3 is 3.05 bits per heavy atom. The molecule has 0 atom stereocenters. The smallest absolute Gasteiger partial charge is 0.257 e. The number of rotatable bonds is 4. The number of nitrogens with one attached hydrogen (secondary N) is 1. The van der Waals surface area contributed by atoms with Gasteiger partial charge < -0.3 is 14.7 Å². The summed E-state index contributed by atoms with van der Waals surface area (Å²) in [4.78, 5) is 18.5. The van der Waals surface area contributed by atoms with Gasteiger partial charge in [-0.2, -0.15) is 0 Å². The van der Waals surface area contributed by atoms with E-state index in [1.807, 2.05) is 6.92 Å². The normalized spacial score (nSPS) is 15.8. The molecule has 3 heterocycles. The van der Waals surface area contributed by atoms with Gasteiger partial charge in [0.25, 0.3) is 11.6 Å². The van der Waals surface area contributed by atoms with E-state index in [1.54, 1.807) is 6.07 Å². The molecule has 0 spiro atoms. The summed E-state index contributed by atoms with van der Waals surface area (Å²) in [6, 6.07) is 1.78. The van der Waals surface area contributed by atoms with Gasteiger partial charge in [-0.15, -0.1) is 0 Å². The van der Waals surface area contributed by atoms with Crippen LogP contribution in [-0.4, -0.2) is 47.1 Å². The molecule has 2 aromatic rings. The molecule has 20 heavy (non-hydrogen) atoms. The summed E-state index contributed by atoms with van der Waals surface area (Å²) in [6.45, 7) is 5.70. The average molecular weight is 274 g/mol. The highest BCUT2D eigenvalue weighted by atomic mass is 16.5. The summed E-state index contributed by atoms with van der Waals surface area (Å²) >= 11 is 0. The Labute approximate surface area is 117 Å². The van der Waals surface area contributed by atoms with Crippen molar-refractivity contribution in [1.82, 2.24) is 20.4 Å². The number of carbonyl (C=O) groups excluding carboxylic acids is 1. The number of nitrogens with zero attached hydrogens (tertiary/aromatic N) is 3. The molecular weight excluding hydrogens is 256 g/mol. The van der Waals surface area contributed by atoms with Gasteiger partial charge in [0.2, 0.25) is 0 Å². The Morgan fingerprint density at radius 2 is 2.25 bits per heavy atom. The lowest BCUT2D eigenvalue weighted by atomic mass is 10.2. The van der Waals surface area contributed by atoms with E-state index in [0.717, 1.165) is 30.7 Å². The summed E-state index contributed by atoms with van der Waals surface area (Å²) in [7, 11) is 0. The molecule has 1 N–H and O–H groups in total. The van der Waals surface area contributed by atoms with Crippen LogP contribution in [0.1, 0.15) is 28.9 Å². The van der Waals surface area contributed by atoms with Gasteiger partial charge in [0.05, 0.1) is 16.6 Å². The fourth-order valence-electron chi connectivity index (χ4n) is 2.51. The molecule has 1 fully saturated rings. The topological polar surface area (TPSA) is 71.3 Å². The maximum absolute atomic E-state index is 12.1. The first-order valence-electron chi connectivity index (χ1n) is 6.96. The number of hydrogen-bond donors (Lipinski definition) is 1. The van der Waals surface area contributed by atoms with Crippen LogP contribution in [0.4, 0.5) is 0 Å². The van der Waals surface area contributed by atoms with E-state index in [4.69, 9.17) is 4.52 Å². The maximum Gasteiger partial charge on any atom is 0.257 e. The molecule has 0 saturated carbocycles. The second-order valence-electron chi connectivity index (χ2n) is 5.15. The molecule has 2 aromatic heterocycles. The number of pyridine rings is 1. The van der Waals surface area contributed by atoms with Gasteiger partial charge in [-0.05, 0) is 38.9 Å². The fourth-order valence-corrected chi connectivity index (χ4v) is 2.51. The van der Waals surface area contributed by atoms with E-state index in [0.29, 0.717) is 17.8 Å². The Morgan fingerprint density at radius 1 is 1.45 bits per heavy atom. The molecule has 1 saturated heterocycles. The van der Waals surface area contributed by atoms with Crippen molar-refractivity contribution in [2.24, 2.45) is 0 Å². The molecule has 1 aliphatic rings. The van der Waals surface area contributed by atoms with E-state index in [9.17, 15) is 4.79 Å². The number of amides is 1. The molecule has 0 aromatic carbocycles. The molecule has 6 nitrogen and oxygen atoms in total. The van der Waals surface area contributed by atoms with Crippen LogP contribution >= 0.6 is 0 Å². The molecule has 0 bridgehead atoms. The van der Waals surface area contributed by atoms with Gasteiger partial charge >= 0.3 is 0 Å². The van der Waals surface area contributed by atoms with Crippen LogP contribution in [0.2, 0.25) is 0 Å². The average Bonchev–Trinajstić information content (AvgIpc) is 3.09. The first kappa shape index (κ1) is 13.1. The van der Waals surface area contributed by atoms with Gasteiger partial charge in [-0.3, -0.25) is 4.79 Å². The summed E-state index contributed by atoms with van der Waals surface area (Å²) in [5.41, 5.74) is 1.76. The van der Waals surface area contributed by atoms with E-state index in [2.05, 4.69) is 20.4 Å². The van der Waals surface area contributed by atoms with E-state index in [1.165, 1.54) is 19.0 Å². The summed E-state index contributed by atoms with van der Waals surface area (Å²) in [5, 5.41) is 7.55. The highest BCUT2D eigenvalue weighted by molar-refractivity contribution is 5.96. The first-order valence-corrected chi connectivity index (χ1v) is 6.96. The molecular formula is C14H18N4O2. The predicted octanol–water partition coefficient (Wildman–Crippen LogP) is 1.36. The van der Waals surface area contributed by atoms with Crippen LogP contribution in [0.25, 0.3) is 11.1 Å². The first-order chi connectivity index (χ1) is 9.74. The van der Waals surface area contributed by atoms with Crippen molar-refractivity contribution in [3.05, 3.63) is 23.5 Å². The van der Waals surface area contributed by atoms with Gasteiger partial charge in [-0.1, -0.05) is 5.16 Å². The molecule has 0 unspecified atom stereocenters. The van der Waals surface area contributed by atoms with Crippen molar-refractivity contribution in [2.45, 2.75) is 19.8 Å². The minimum absolute atomic E-state index is 0.0980. The zero-order valence-corrected chi connectivity index (χ0v) is 11.6. The maximum atomic E-state index is 12.1. The van der Waals surface area contributed by atoms with Gasteiger partial charge in [0.15, 0.2) is 0 Å². The third-order valence-corrected chi connectivity index (χ3v) is 3.68. The Hall–Kier alpha value is -1.95. The Kier molecular flexibility index (Phi) is 3.64.